The molecule has 0 saturated heterocycles. The van der Waals surface area contributed by atoms with Gasteiger partial charge in [-0.25, -0.2) is 0 Å². The van der Waals surface area contributed by atoms with E-state index in [0.29, 0.717) is 18.5 Å². The first-order chi connectivity index (χ1) is 7.02. The highest BCUT2D eigenvalue weighted by molar-refractivity contribution is 5.96. The molecule has 0 aliphatic carbocycles. The maximum atomic E-state index is 11.5. The van der Waals surface area contributed by atoms with Gasteiger partial charge in [-0.15, -0.1) is 0 Å². The van der Waals surface area contributed by atoms with Crippen molar-refractivity contribution in [2.75, 3.05) is 0 Å². The molecule has 0 bridgehead atoms. The quantitative estimate of drug-likeness (QED) is 0.749. The lowest BCUT2D eigenvalue weighted by Gasteiger charge is -2.11. The van der Waals surface area contributed by atoms with Crippen LogP contribution in [-0.4, -0.2) is 15.6 Å². The lowest BCUT2D eigenvalue weighted by molar-refractivity contribution is 0.0995. The van der Waals surface area contributed by atoms with Gasteiger partial charge in [0.25, 0.3) is 11.5 Å². The number of pyridine rings is 1. The molecule has 0 unspecified atom stereocenters. The summed E-state index contributed by atoms with van der Waals surface area (Å²) in [5.41, 5.74) is 5.35. The number of nitrogens with two attached hydrogens (primary N) is 1. The Morgan fingerprint density at radius 2 is 2.13 bits per heavy atom. The Labute approximate surface area is 87.1 Å². The number of carbonyl (C=O) groups is 1. The highest BCUT2D eigenvalue weighted by Crippen LogP contribution is 2.18. The second-order valence-corrected chi connectivity index (χ2v) is 3.17. The van der Waals surface area contributed by atoms with Gasteiger partial charge in [-0.05, 0) is 18.9 Å². The molecule has 5 nitrogen and oxygen atoms in total. The van der Waals surface area contributed by atoms with Crippen LogP contribution in [0, 0.1) is 0 Å². The number of amides is 1. The second-order valence-electron chi connectivity index (χ2n) is 3.17. The molecule has 0 spiro atoms. The van der Waals surface area contributed by atoms with Gasteiger partial charge in [0.1, 0.15) is 5.56 Å². The fraction of sp³-hybridized carbons (Fsp3) is 0.400. The van der Waals surface area contributed by atoms with Crippen LogP contribution in [-0.2, 0) is 13.0 Å². The SMILES string of the molecule is CCc1cc(=O)n(CC)c(O)c1C(N)=O. The van der Waals surface area contributed by atoms with E-state index in [-0.39, 0.29) is 17.0 Å². The molecule has 15 heavy (non-hydrogen) atoms. The molecule has 1 amide bonds. The number of carbonyl (C=O) groups excluding carboxylic acids is 1. The first-order valence-corrected chi connectivity index (χ1v) is 4.78. The molecule has 5 heteroatoms. The molecule has 0 saturated carbocycles. The van der Waals surface area contributed by atoms with Crippen molar-refractivity contribution in [2.24, 2.45) is 5.73 Å². The van der Waals surface area contributed by atoms with Crippen molar-refractivity contribution in [3.8, 4) is 5.88 Å². The van der Waals surface area contributed by atoms with Crippen molar-refractivity contribution in [1.29, 1.82) is 0 Å². The van der Waals surface area contributed by atoms with E-state index in [0.717, 1.165) is 4.57 Å². The molecular formula is C10H14N2O3. The van der Waals surface area contributed by atoms with Gasteiger partial charge in [0.15, 0.2) is 0 Å². The number of nitrogens with zero attached hydrogens (tertiary/aromatic N) is 1. The molecule has 0 aromatic carbocycles. The fourth-order valence-electron chi connectivity index (χ4n) is 1.53. The summed E-state index contributed by atoms with van der Waals surface area (Å²) < 4.78 is 1.11. The van der Waals surface area contributed by atoms with Crippen LogP contribution in [0.4, 0.5) is 0 Å². The van der Waals surface area contributed by atoms with E-state index >= 15 is 0 Å². The number of aryl methyl sites for hydroxylation is 1. The van der Waals surface area contributed by atoms with Crippen LogP contribution in [0.2, 0.25) is 0 Å². The second kappa shape index (κ2) is 4.16. The lowest BCUT2D eigenvalue weighted by atomic mass is 10.1. The molecule has 3 N–H and O–H groups in total. The standard InChI is InChI=1S/C10H14N2O3/c1-3-6-5-7(13)12(4-2)10(15)8(6)9(11)14/h5,15H,3-4H2,1-2H3,(H2,11,14). The lowest BCUT2D eigenvalue weighted by Crippen LogP contribution is -2.24. The number of primary amides is 1. The molecule has 82 valence electrons. The number of rotatable bonds is 3. The Morgan fingerprint density at radius 1 is 1.53 bits per heavy atom. The van der Waals surface area contributed by atoms with E-state index in [9.17, 15) is 14.7 Å². The summed E-state index contributed by atoms with van der Waals surface area (Å²) in [5.74, 6) is -1.05. The van der Waals surface area contributed by atoms with Gasteiger partial charge in [-0.3, -0.25) is 14.2 Å². The summed E-state index contributed by atoms with van der Waals surface area (Å²) in [6.07, 6.45) is 0.478. The van der Waals surface area contributed by atoms with Gasteiger partial charge in [-0.2, -0.15) is 0 Å². The zero-order valence-electron chi connectivity index (χ0n) is 8.78. The normalized spacial score (nSPS) is 10.3. The summed E-state index contributed by atoms with van der Waals surface area (Å²) >= 11 is 0. The van der Waals surface area contributed by atoms with E-state index in [1.165, 1.54) is 6.07 Å². The summed E-state index contributed by atoms with van der Waals surface area (Å²) in [4.78, 5) is 22.6. The zero-order valence-corrected chi connectivity index (χ0v) is 8.78. The third kappa shape index (κ3) is 1.86. The number of aromatic hydroxyl groups is 1. The summed E-state index contributed by atoms with van der Waals surface area (Å²) in [6.45, 7) is 3.80. The Balaban J connectivity index is 3.61. The van der Waals surface area contributed by atoms with E-state index in [1.54, 1.807) is 13.8 Å². The van der Waals surface area contributed by atoms with Crippen molar-refractivity contribution >= 4 is 5.91 Å². The van der Waals surface area contributed by atoms with E-state index in [2.05, 4.69) is 0 Å². The minimum absolute atomic E-state index is 0.0407. The Bertz CT molecular complexity index is 449. The molecule has 0 atom stereocenters. The molecule has 0 fully saturated rings. The van der Waals surface area contributed by atoms with E-state index in [1.807, 2.05) is 0 Å². The first kappa shape index (κ1) is 11.3. The van der Waals surface area contributed by atoms with Crippen LogP contribution in [0.1, 0.15) is 29.8 Å². The fourth-order valence-corrected chi connectivity index (χ4v) is 1.53. The van der Waals surface area contributed by atoms with Gasteiger partial charge in [0.2, 0.25) is 5.88 Å². The number of aromatic nitrogens is 1. The van der Waals surface area contributed by atoms with Crippen LogP contribution < -0.4 is 11.3 Å². The van der Waals surface area contributed by atoms with E-state index < -0.39 is 5.91 Å². The monoisotopic (exact) mass is 210 g/mol. The Hall–Kier alpha value is -1.78. The maximum Gasteiger partial charge on any atom is 0.254 e. The minimum atomic E-state index is -0.716. The van der Waals surface area contributed by atoms with Crippen molar-refractivity contribution in [3.05, 3.63) is 27.5 Å². The van der Waals surface area contributed by atoms with Crippen LogP contribution in [0.5, 0.6) is 5.88 Å². The summed E-state index contributed by atoms with van der Waals surface area (Å²) in [7, 11) is 0. The minimum Gasteiger partial charge on any atom is -0.494 e. The van der Waals surface area contributed by atoms with Crippen molar-refractivity contribution in [3.63, 3.8) is 0 Å². The topological polar surface area (TPSA) is 85.3 Å². The Morgan fingerprint density at radius 3 is 2.53 bits per heavy atom. The first-order valence-electron chi connectivity index (χ1n) is 4.78. The van der Waals surface area contributed by atoms with Crippen LogP contribution in [0.15, 0.2) is 10.9 Å². The smallest absolute Gasteiger partial charge is 0.254 e. The highest BCUT2D eigenvalue weighted by Gasteiger charge is 2.17. The number of hydrogen-bond donors (Lipinski definition) is 2. The average molecular weight is 210 g/mol. The van der Waals surface area contributed by atoms with Crippen molar-refractivity contribution < 1.29 is 9.90 Å². The predicted octanol–water partition coefficient (Wildman–Crippen LogP) is 0.235. The Kier molecular flexibility index (Phi) is 3.14. The van der Waals surface area contributed by atoms with Crippen molar-refractivity contribution in [2.45, 2.75) is 26.8 Å². The van der Waals surface area contributed by atoms with Gasteiger partial charge in [0.05, 0.1) is 0 Å². The molecule has 1 aromatic heterocycles. The molecular weight excluding hydrogens is 196 g/mol. The van der Waals surface area contributed by atoms with Gasteiger partial charge in [-0.1, -0.05) is 6.92 Å². The van der Waals surface area contributed by atoms with Gasteiger partial charge >= 0.3 is 0 Å². The molecule has 0 aliphatic rings. The largest absolute Gasteiger partial charge is 0.494 e. The van der Waals surface area contributed by atoms with Gasteiger partial charge < -0.3 is 10.8 Å². The van der Waals surface area contributed by atoms with Crippen molar-refractivity contribution in [1.82, 2.24) is 4.57 Å². The third-order valence-corrected chi connectivity index (χ3v) is 2.31. The average Bonchev–Trinajstić information content (AvgIpc) is 2.16. The summed E-state index contributed by atoms with van der Waals surface area (Å²) in [6, 6.07) is 1.34. The molecule has 1 rings (SSSR count). The number of hydrogen-bond acceptors (Lipinski definition) is 3. The maximum absolute atomic E-state index is 11.5. The predicted molar refractivity (Wildman–Crippen MR) is 55.9 cm³/mol. The molecule has 0 aliphatic heterocycles. The van der Waals surface area contributed by atoms with Gasteiger partial charge in [0, 0.05) is 12.6 Å². The zero-order chi connectivity index (χ0) is 11.6. The van der Waals surface area contributed by atoms with Crippen LogP contribution >= 0.6 is 0 Å². The van der Waals surface area contributed by atoms with Crippen LogP contribution in [0.3, 0.4) is 0 Å². The highest BCUT2D eigenvalue weighted by atomic mass is 16.3. The molecule has 0 radical (unpaired) electrons. The third-order valence-electron chi connectivity index (χ3n) is 2.31. The summed E-state index contributed by atoms with van der Waals surface area (Å²) in [5, 5.41) is 9.71. The van der Waals surface area contributed by atoms with Crippen LogP contribution in [0.25, 0.3) is 0 Å². The van der Waals surface area contributed by atoms with E-state index in [4.69, 9.17) is 5.73 Å². The molecule has 1 heterocycles. The molecule has 1 aromatic rings.